The molecule has 4 aromatic rings. The molecule has 4 rings (SSSR count). The molecule has 0 saturated carbocycles. The Kier molecular flexibility index (Phi) is 6.05. The number of benzene rings is 4. The lowest BCUT2D eigenvalue weighted by Gasteiger charge is -2.07. The zero-order chi connectivity index (χ0) is 21.6. The van der Waals surface area contributed by atoms with Crippen LogP contribution in [0.25, 0.3) is 10.8 Å². The highest BCUT2D eigenvalue weighted by Gasteiger charge is 2.12. The number of ether oxygens (including phenoxy) is 1. The summed E-state index contributed by atoms with van der Waals surface area (Å²) in [4.78, 5) is 24.6. The van der Waals surface area contributed by atoms with Gasteiger partial charge in [0.25, 0.3) is 5.91 Å². The molecule has 0 saturated heterocycles. The van der Waals surface area contributed by atoms with Gasteiger partial charge in [0.15, 0.2) is 0 Å². The molecule has 0 fully saturated rings. The Morgan fingerprint density at radius 3 is 2.32 bits per heavy atom. The number of hydrogen-bond donors (Lipinski definition) is 1. The van der Waals surface area contributed by atoms with Crippen molar-refractivity contribution in [3.63, 3.8) is 0 Å². The third-order valence-electron chi connectivity index (χ3n) is 4.59. The summed E-state index contributed by atoms with van der Waals surface area (Å²) in [7, 11) is 0. The predicted molar refractivity (Wildman–Crippen MR) is 122 cm³/mol. The number of carbonyl (C=O) groups is 2. The van der Waals surface area contributed by atoms with Crippen molar-refractivity contribution in [2.45, 2.75) is 0 Å². The van der Waals surface area contributed by atoms with Gasteiger partial charge in [0.2, 0.25) is 0 Å². The molecule has 0 aliphatic carbocycles. The summed E-state index contributed by atoms with van der Waals surface area (Å²) >= 11 is 5.81. The molecule has 0 bridgehead atoms. The van der Waals surface area contributed by atoms with Crippen LogP contribution < -0.4 is 10.2 Å². The number of amides is 1. The second-order valence-electron chi connectivity index (χ2n) is 6.69. The minimum Gasteiger partial charge on any atom is -0.423 e. The fraction of sp³-hybridized carbons (Fsp3) is 0. The van der Waals surface area contributed by atoms with Crippen LogP contribution in [0.3, 0.4) is 0 Å². The van der Waals surface area contributed by atoms with E-state index in [1.165, 1.54) is 6.21 Å². The minimum absolute atomic E-state index is 0.339. The van der Waals surface area contributed by atoms with E-state index in [2.05, 4.69) is 10.5 Å². The van der Waals surface area contributed by atoms with Crippen LogP contribution in [0, 0.1) is 0 Å². The molecule has 0 aliphatic heterocycles. The minimum atomic E-state index is -0.423. The lowest BCUT2D eigenvalue weighted by atomic mass is 10.0. The Morgan fingerprint density at radius 1 is 0.839 bits per heavy atom. The van der Waals surface area contributed by atoms with E-state index < -0.39 is 5.97 Å². The molecule has 0 radical (unpaired) electrons. The fourth-order valence-electron chi connectivity index (χ4n) is 3.02. The molecule has 0 aliphatic rings. The molecule has 5 nitrogen and oxygen atoms in total. The maximum atomic E-state index is 12.6. The van der Waals surface area contributed by atoms with E-state index in [0.29, 0.717) is 21.9 Å². The predicted octanol–water partition coefficient (Wildman–Crippen LogP) is 5.48. The largest absolute Gasteiger partial charge is 0.423 e. The van der Waals surface area contributed by atoms with Crippen molar-refractivity contribution in [1.82, 2.24) is 5.43 Å². The molecule has 0 heterocycles. The number of nitrogens with zero attached hydrogens (tertiary/aromatic N) is 1. The highest BCUT2D eigenvalue weighted by atomic mass is 35.5. The number of hydrazone groups is 1. The van der Waals surface area contributed by atoms with Gasteiger partial charge in [-0.05, 0) is 70.9 Å². The van der Waals surface area contributed by atoms with Gasteiger partial charge in [-0.1, -0.05) is 48.0 Å². The molecule has 1 N–H and O–H groups in total. The third-order valence-corrected chi connectivity index (χ3v) is 4.84. The average molecular weight is 429 g/mol. The maximum Gasteiger partial charge on any atom is 0.344 e. The molecule has 4 aromatic carbocycles. The van der Waals surface area contributed by atoms with Crippen LogP contribution >= 0.6 is 11.6 Å². The van der Waals surface area contributed by atoms with Gasteiger partial charge in [-0.2, -0.15) is 5.10 Å². The van der Waals surface area contributed by atoms with E-state index >= 15 is 0 Å². The summed E-state index contributed by atoms with van der Waals surface area (Å²) in [6.07, 6.45) is 1.50. The molecule has 0 spiro atoms. The lowest BCUT2D eigenvalue weighted by molar-refractivity contribution is 0.0736. The van der Waals surface area contributed by atoms with E-state index in [-0.39, 0.29) is 5.91 Å². The summed E-state index contributed by atoms with van der Waals surface area (Å²) in [6.45, 7) is 0. The van der Waals surface area contributed by atoms with Gasteiger partial charge in [0, 0.05) is 10.6 Å². The molecule has 0 aromatic heterocycles. The molecule has 6 heteroatoms. The highest BCUT2D eigenvalue weighted by Crippen LogP contribution is 2.21. The van der Waals surface area contributed by atoms with Gasteiger partial charge in [-0.3, -0.25) is 4.79 Å². The third kappa shape index (κ3) is 4.97. The SMILES string of the molecule is O=C(N/N=C/c1ccc(OC(=O)c2cccc3ccccc23)cc1)c1ccc(Cl)cc1. The summed E-state index contributed by atoms with van der Waals surface area (Å²) < 4.78 is 5.51. The Bertz CT molecular complexity index is 1260. The zero-order valence-corrected chi connectivity index (χ0v) is 17.0. The van der Waals surface area contributed by atoms with E-state index in [1.54, 1.807) is 54.6 Å². The van der Waals surface area contributed by atoms with Crippen LogP contribution in [0.1, 0.15) is 26.3 Å². The van der Waals surface area contributed by atoms with Crippen LogP contribution in [0.5, 0.6) is 5.75 Å². The van der Waals surface area contributed by atoms with Gasteiger partial charge >= 0.3 is 5.97 Å². The van der Waals surface area contributed by atoms with Crippen LogP contribution in [-0.4, -0.2) is 18.1 Å². The van der Waals surface area contributed by atoms with Crippen LogP contribution in [-0.2, 0) is 0 Å². The number of hydrogen-bond acceptors (Lipinski definition) is 4. The van der Waals surface area contributed by atoms with E-state index in [0.717, 1.165) is 16.3 Å². The van der Waals surface area contributed by atoms with Crippen molar-refractivity contribution in [2.24, 2.45) is 5.10 Å². The molecular formula is C25H17ClN2O3. The van der Waals surface area contributed by atoms with Gasteiger partial charge in [0.05, 0.1) is 11.8 Å². The first-order valence-corrected chi connectivity index (χ1v) is 9.87. The van der Waals surface area contributed by atoms with Gasteiger partial charge in [-0.15, -0.1) is 0 Å². The summed E-state index contributed by atoms with van der Waals surface area (Å²) in [6, 6.07) is 26.5. The van der Waals surface area contributed by atoms with Crippen molar-refractivity contribution in [3.8, 4) is 5.75 Å². The number of carbonyl (C=O) groups excluding carboxylic acids is 2. The zero-order valence-electron chi connectivity index (χ0n) is 16.3. The first-order chi connectivity index (χ1) is 15.1. The number of esters is 1. The number of rotatable bonds is 5. The monoisotopic (exact) mass is 428 g/mol. The first-order valence-electron chi connectivity index (χ1n) is 9.49. The second kappa shape index (κ2) is 9.24. The van der Waals surface area contributed by atoms with E-state index in [9.17, 15) is 9.59 Å². The average Bonchev–Trinajstić information content (AvgIpc) is 2.80. The van der Waals surface area contributed by atoms with Gasteiger partial charge in [-0.25, -0.2) is 10.2 Å². The lowest BCUT2D eigenvalue weighted by Crippen LogP contribution is -2.17. The smallest absolute Gasteiger partial charge is 0.344 e. The normalized spacial score (nSPS) is 10.9. The van der Waals surface area contributed by atoms with Gasteiger partial charge < -0.3 is 4.74 Å². The topological polar surface area (TPSA) is 67.8 Å². The van der Waals surface area contributed by atoms with Crippen LogP contribution in [0.15, 0.2) is 96.1 Å². The van der Waals surface area contributed by atoms with E-state index in [4.69, 9.17) is 16.3 Å². The second-order valence-corrected chi connectivity index (χ2v) is 7.13. The maximum absolute atomic E-state index is 12.6. The van der Waals surface area contributed by atoms with Crippen LogP contribution in [0.4, 0.5) is 0 Å². The molecule has 31 heavy (non-hydrogen) atoms. The Hall–Kier alpha value is -3.96. The van der Waals surface area contributed by atoms with Gasteiger partial charge in [0.1, 0.15) is 5.75 Å². The van der Waals surface area contributed by atoms with Crippen molar-refractivity contribution in [2.75, 3.05) is 0 Å². The number of halogens is 1. The number of fused-ring (bicyclic) bond motifs is 1. The summed E-state index contributed by atoms with van der Waals surface area (Å²) in [5, 5.41) is 6.32. The standard InChI is InChI=1S/C25H17ClN2O3/c26-20-12-10-19(11-13-20)24(29)28-27-16-17-8-14-21(15-9-17)31-25(30)23-7-3-5-18-4-1-2-6-22(18)23/h1-16H,(H,28,29)/b27-16+. The molecule has 0 unspecified atom stereocenters. The van der Waals surface area contributed by atoms with E-state index in [1.807, 2.05) is 36.4 Å². The van der Waals surface area contributed by atoms with Crippen molar-refractivity contribution < 1.29 is 14.3 Å². The molecule has 152 valence electrons. The molecule has 0 atom stereocenters. The Morgan fingerprint density at radius 2 is 1.55 bits per heavy atom. The van der Waals surface area contributed by atoms with Crippen LogP contribution in [0.2, 0.25) is 5.02 Å². The summed E-state index contributed by atoms with van der Waals surface area (Å²) in [5.41, 5.74) is 4.16. The Labute approximate surface area is 183 Å². The summed E-state index contributed by atoms with van der Waals surface area (Å²) in [5.74, 6) is -0.345. The number of nitrogens with one attached hydrogen (secondary N) is 1. The quantitative estimate of drug-likeness (QED) is 0.198. The molecule has 1 amide bonds. The highest BCUT2D eigenvalue weighted by molar-refractivity contribution is 6.30. The molecular weight excluding hydrogens is 412 g/mol. The van der Waals surface area contributed by atoms with Crippen molar-refractivity contribution >= 4 is 40.5 Å². The fourth-order valence-corrected chi connectivity index (χ4v) is 3.14. The Balaban J connectivity index is 1.39. The van der Waals surface area contributed by atoms with Crippen molar-refractivity contribution in [3.05, 3.63) is 113 Å². The van der Waals surface area contributed by atoms with Crippen molar-refractivity contribution in [1.29, 1.82) is 0 Å². The first kappa shape index (κ1) is 20.3.